The number of nitrogens with zero attached hydrogens (tertiary/aromatic N) is 7. The lowest BCUT2D eigenvalue weighted by molar-refractivity contribution is -0.117. The average molecular weight is 498 g/mol. The first-order valence-corrected chi connectivity index (χ1v) is 12.2. The molecule has 0 aromatic carbocycles. The molecule has 5 rings (SSSR count). The second-order valence-corrected chi connectivity index (χ2v) is 10.1. The fraction of sp³-hybridized carbons (Fsp3) is 0.391. The molecule has 9 nitrogen and oxygen atoms in total. The predicted molar refractivity (Wildman–Crippen MR) is 131 cm³/mol. The van der Waals surface area contributed by atoms with Crippen LogP contribution in [0.4, 0.5) is 5.69 Å². The Hall–Kier alpha value is -2.95. The number of carbonyl (C=O) groups is 1. The zero-order chi connectivity index (χ0) is 23.8. The molecule has 0 spiro atoms. The molecule has 1 fully saturated rings. The summed E-state index contributed by atoms with van der Waals surface area (Å²) < 4.78 is 5.93. The average Bonchev–Trinajstić information content (AvgIpc) is 3.42. The van der Waals surface area contributed by atoms with Crippen LogP contribution in [0.2, 0.25) is 5.02 Å². The third-order valence-electron chi connectivity index (χ3n) is 5.59. The van der Waals surface area contributed by atoms with Gasteiger partial charge in [0, 0.05) is 43.9 Å². The molecule has 5 heterocycles. The number of morpholine rings is 1. The number of Topliss-reactive ketones (excluding diaryl/α,β-unsaturated/α-hetero) is 1. The second kappa shape index (κ2) is 9.36. The number of halogens is 1. The molecule has 1 aliphatic heterocycles. The number of hydrogen-bond donors (Lipinski definition) is 0. The number of ether oxygens (including phenoxy) is 1. The lowest BCUT2D eigenvalue weighted by atomic mass is 10.0. The molecule has 0 radical (unpaired) electrons. The molecule has 0 bridgehead atoms. The molecule has 0 N–H and O–H groups in total. The number of hydrogen-bond acceptors (Lipinski definition) is 9. The SMILES string of the molecule is Cc1nc2c(N3CC(C)OC(C)C3)c(CC(=O)Cc3cnc(-n4nccn4)c(Cl)c3)cnc2s1. The van der Waals surface area contributed by atoms with Crippen LogP contribution >= 0.6 is 22.9 Å². The van der Waals surface area contributed by atoms with Crippen molar-refractivity contribution in [3.63, 3.8) is 0 Å². The Morgan fingerprint density at radius 1 is 1.15 bits per heavy atom. The van der Waals surface area contributed by atoms with Crippen molar-refractivity contribution in [1.29, 1.82) is 0 Å². The zero-order valence-corrected chi connectivity index (χ0v) is 20.7. The highest BCUT2D eigenvalue weighted by atomic mass is 35.5. The monoisotopic (exact) mass is 497 g/mol. The van der Waals surface area contributed by atoms with Crippen LogP contribution in [-0.2, 0) is 22.4 Å². The molecule has 0 saturated carbocycles. The van der Waals surface area contributed by atoms with Crippen molar-refractivity contribution >= 4 is 44.8 Å². The molecule has 1 saturated heterocycles. The Bertz CT molecular complexity index is 1330. The normalized spacial score (nSPS) is 18.5. The Labute approximate surface area is 205 Å². The maximum absolute atomic E-state index is 13.1. The van der Waals surface area contributed by atoms with Gasteiger partial charge in [-0.2, -0.15) is 10.2 Å². The number of rotatable bonds is 6. The first-order valence-electron chi connectivity index (χ1n) is 11.1. The summed E-state index contributed by atoms with van der Waals surface area (Å²) in [6.45, 7) is 7.59. The van der Waals surface area contributed by atoms with Gasteiger partial charge < -0.3 is 9.64 Å². The maximum atomic E-state index is 13.1. The van der Waals surface area contributed by atoms with Crippen LogP contribution in [0.1, 0.15) is 30.0 Å². The van der Waals surface area contributed by atoms with Gasteiger partial charge in [0.1, 0.15) is 16.1 Å². The molecule has 2 unspecified atom stereocenters. The van der Waals surface area contributed by atoms with E-state index in [0.717, 1.165) is 45.3 Å². The van der Waals surface area contributed by atoms with Crippen molar-refractivity contribution in [2.24, 2.45) is 0 Å². The molecule has 0 aliphatic carbocycles. The zero-order valence-electron chi connectivity index (χ0n) is 19.1. The molecule has 4 aromatic rings. The standard InChI is InChI=1S/C23H24ClN7O2S/c1-13-11-30(12-14(2)33-13)21-17(10-26-23-20(21)29-15(3)34-23)8-18(32)6-16-7-19(24)22(25-9-16)31-27-4-5-28-31/h4-5,7,9-10,13-14H,6,8,11-12H2,1-3H3. The summed E-state index contributed by atoms with van der Waals surface area (Å²) in [7, 11) is 0. The van der Waals surface area contributed by atoms with Gasteiger partial charge in [-0.1, -0.05) is 22.9 Å². The van der Waals surface area contributed by atoms with E-state index < -0.39 is 0 Å². The fourth-order valence-corrected chi connectivity index (χ4v) is 5.42. The van der Waals surface area contributed by atoms with Crippen LogP contribution in [0, 0.1) is 6.92 Å². The summed E-state index contributed by atoms with van der Waals surface area (Å²) >= 11 is 7.94. The van der Waals surface area contributed by atoms with Crippen molar-refractivity contribution in [2.75, 3.05) is 18.0 Å². The maximum Gasteiger partial charge on any atom is 0.193 e. The highest BCUT2D eigenvalue weighted by molar-refractivity contribution is 7.18. The van der Waals surface area contributed by atoms with Crippen LogP contribution in [0.25, 0.3) is 16.2 Å². The second-order valence-electron chi connectivity index (χ2n) is 8.54. The smallest absolute Gasteiger partial charge is 0.193 e. The van der Waals surface area contributed by atoms with Crippen molar-refractivity contribution in [3.05, 3.63) is 52.0 Å². The summed E-state index contributed by atoms with van der Waals surface area (Å²) in [6, 6.07) is 1.74. The van der Waals surface area contributed by atoms with E-state index >= 15 is 0 Å². The Balaban J connectivity index is 1.41. The Morgan fingerprint density at radius 3 is 2.59 bits per heavy atom. The molecule has 2 atom stereocenters. The third kappa shape index (κ3) is 4.66. The number of ketones is 1. The van der Waals surface area contributed by atoms with E-state index in [-0.39, 0.29) is 30.8 Å². The van der Waals surface area contributed by atoms with E-state index in [1.165, 1.54) is 4.80 Å². The van der Waals surface area contributed by atoms with Gasteiger partial charge in [0.2, 0.25) is 0 Å². The minimum Gasteiger partial charge on any atom is -0.372 e. The number of aromatic nitrogens is 6. The van der Waals surface area contributed by atoms with Gasteiger partial charge >= 0.3 is 0 Å². The van der Waals surface area contributed by atoms with Gasteiger partial charge in [-0.25, -0.2) is 15.0 Å². The number of aryl methyl sites for hydroxylation is 1. The first-order chi connectivity index (χ1) is 16.4. The highest BCUT2D eigenvalue weighted by Gasteiger charge is 2.27. The third-order valence-corrected chi connectivity index (χ3v) is 6.75. The van der Waals surface area contributed by atoms with Crippen molar-refractivity contribution in [3.8, 4) is 5.82 Å². The topological polar surface area (TPSA) is 98.9 Å². The van der Waals surface area contributed by atoms with E-state index in [1.807, 2.05) is 13.1 Å². The van der Waals surface area contributed by atoms with Gasteiger partial charge in [0.15, 0.2) is 5.82 Å². The van der Waals surface area contributed by atoms with Gasteiger partial charge in [-0.15, -0.1) is 4.80 Å². The lowest BCUT2D eigenvalue weighted by Crippen LogP contribution is -2.46. The van der Waals surface area contributed by atoms with E-state index in [1.54, 1.807) is 36.0 Å². The van der Waals surface area contributed by atoms with Crippen molar-refractivity contribution in [2.45, 2.75) is 45.8 Å². The summed E-state index contributed by atoms with van der Waals surface area (Å²) in [4.78, 5) is 31.3. The van der Waals surface area contributed by atoms with Crippen LogP contribution < -0.4 is 4.90 Å². The predicted octanol–water partition coefficient (Wildman–Crippen LogP) is 3.60. The van der Waals surface area contributed by atoms with Crippen LogP contribution in [0.15, 0.2) is 30.9 Å². The first kappa shape index (κ1) is 22.8. The molecule has 4 aromatic heterocycles. The van der Waals surface area contributed by atoms with E-state index in [0.29, 0.717) is 10.8 Å². The largest absolute Gasteiger partial charge is 0.372 e. The molecule has 0 amide bonds. The minimum absolute atomic E-state index is 0.0477. The van der Waals surface area contributed by atoms with Gasteiger partial charge in [0.25, 0.3) is 0 Å². The molecule has 11 heteroatoms. The number of anilines is 1. The number of carbonyl (C=O) groups excluding carboxylic acids is 1. The molecular formula is C23H24ClN7O2S. The van der Waals surface area contributed by atoms with Gasteiger partial charge in [-0.3, -0.25) is 4.79 Å². The summed E-state index contributed by atoms with van der Waals surface area (Å²) in [6.07, 6.45) is 7.20. The summed E-state index contributed by atoms with van der Waals surface area (Å²) in [5.74, 6) is 0.473. The summed E-state index contributed by atoms with van der Waals surface area (Å²) in [5.41, 5.74) is 3.45. The van der Waals surface area contributed by atoms with Crippen LogP contribution in [-0.4, -0.2) is 61.0 Å². The fourth-order valence-electron chi connectivity index (χ4n) is 4.39. The van der Waals surface area contributed by atoms with Gasteiger partial charge in [0.05, 0.1) is 40.3 Å². The van der Waals surface area contributed by atoms with E-state index in [9.17, 15) is 4.79 Å². The lowest BCUT2D eigenvalue weighted by Gasteiger charge is -2.37. The minimum atomic E-state index is 0.0477. The molecule has 1 aliphatic rings. The van der Waals surface area contributed by atoms with Gasteiger partial charge in [-0.05, 0) is 32.4 Å². The molecule has 34 heavy (non-hydrogen) atoms. The molecule has 176 valence electrons. The Morgan fingerprint density at radius 2 is 1.88 bits per heavy atom. The van der Waals surface area contributed by atoms with Crippen LogP contribution in [0.3, 0.4) is 0 Å². The molecular weight excluding hydrogens is 474 g/mol. The quantitative estimate of drug-likeness (QED) is 0.398. The number of thiazole rings is 1. The van der Waals surface area contributed by atoms with E-state index in [2.05, 4.69) is 38.9 Å². The number of fused-ring (bicyclic) bond motifs is 1. The Kier molecular flexibility index (Phi) is 6.28. The van der Waals surface area contributed by atoms with E-state index in [4.69, 9.17) is 21.3 Å². The van der Waals surface area contributed by atoms with Crippen molar-refractivity contribution < 1.29 is 9.53 Å². The highest BCUT2D eigenvalue weighted by Crippen LogP contribution is 2.34. The van der Waals surface area contributed by atoms with Crippen LogP contribution in [0.5, 0.6) is 0 Å². The summed E-state index contributed by atoms with van der Waals surface area (Å²) in [5, 5.41) is 9.44. The number of pyridine rings is 2. The van der Waals surface area contributed by atoms with Crippen molar-refractivity contribution in [1.82, 2.24) is 29.9 Å².